The number of ether oxygens (including phenoxy) is 1. The quantitative estimate of drug-likeness (QED) is 0.591. The van der Waals surface area contributed by atoms with Crippen LogP contribution in [-0.2, 0) is 0 Å². The van der Waals surface area contributed by atoms with E-state index in [4.69, 9.17) is 11.1 Å². The van der Waals surface area contributed by atoms with Gasteiger partial charge in [0.15, 0.2) is 11.6 Å². The Hall–Kier alpha value is -1.36. The SMILES string of the molecule is COc1cc(F)c(C(=N)N)cc1F.Cl. The van der Waals surface area contributed by atoms with Crippen LogP contribution in [0.3, 0.4) is 0 Å². The van der Waals surface area contributed by atoms with Crippen molar-refractivity contribution in [2.45, 2.75) is 0 Å². The van der Waals surface area contributed by atoms with Gasteiger partial charge < -0.3 is 10.5 Å². The van der Waals surface area contributed by atoms with E-state index >= 15 is 0 Å². The van der Waals surface area contributed by atoms with Crippen molar-refractivity contribution in [1.29, 1.82) is 5.41 Å². The van der Waals surface area contributed by atoms with Crippen LogP contribution in [0.4, 0.5) is 8.78 Å². The van der Waals surface area contributed by atoms with Gasteiger partial charge in [-0.3, -0.25) is 5.41 Å². The summed E-state index contributed by atoms with van der Waals surface area (Å²) < 4.78 is 30.5. The predicted molar refractivity (Wildman–Crippen MR) is 51.2 cm³/mol. The molecule has 0 heterocycles. The summed E-state index contributed by atoms with van der Waals surface area (Å²) in [6, 6.07) is 1.68. The van der Waals surface area contributed by atoms with Crippen LogP contribution in [0.5, 0.6) is 5.75 Å². The number of benzene rings is 1. The lowest BCUT2D eigenvalue weighted by molar-refractivity contribution is 0.382. The third-order valence-electron chi connectivity index (χ3n) is 1.53. The fraction of sp³-hybridized carbons (Fsp3) is 0.125. The van der Waals surface area contributed by atoms with Crippen LogP contribution in [0.2, 0.25) is 0 Å². The molecule has 0 saturated heterocycles. The molecule has 0 saturated carbocycles. The largest absolute Gasteiger partial charge is 0.494 e. The average Bonchev–Trinajstić information content (AvgIpc) is 2.07. The van der Waals surface area contributed by atoms with Gasteiger partial charge >= 0.3 is 0 Å². The molecule has 0 aliphatic carbocycles. The van der Waals surface area contributed by atoms with Crippen molar-refractivity contribution in [3.8, 4) is 5.75 Å². The molecule has 0 aliphatic rings. The first kappa shape index (κ1) is 12.6. The number of nitrogens with two attached hydrogens (primary N) is 1. The van der Waals surface area contributed by atoms with Crippen LogP contribution in [0, 0.1) is 17.0 Å². The van der Waals surface area contributed by atoms with Crippen molar-refractivity contribution in [3.63, 3.8) is 0 Å². The van der Waals surface area contributed by atoms with E-state index in [2.05, 4.69) is 4.74 Å². The molecule has 0 radical (unpaired) electrons. The minimum atomic E-state index is -0.772. The van der Waals surface area contributed by atoms with Crippen LogP contribution in [-0.4, -0.2) is 12.9 Å². The molecular formula is C8H9ClF2N2O. The van der Waals surface area contributed by atoms with E-state index in [9.17, 15) is 8.78 Å². The molecule has 1 rings (SSSR count). The molecule has 0 fully saturated rings. The first-order valence-corrected chi connectivity index (χ1v) is 3.43. The van der Waals surface area contributed by atoms with E-state index < -0.39 is 17.5 Å². The van der Waals surface area contributed by atoms with E-state index in [1.54, 1.807) is 0 Å². The summed E-state index contributed by atoms with van der Waals surface area (Å²) in [5.41, 5.74) is 4.75. The summed E-state index contributed by atoms with van der Waals surface area (Å²) in [4.78, 5) is 0. The fourth-order valence-corrected chi connectivity index (χ4v) is 0.891. The number of rotatable bonds is 2. The molecule has 1 aromatic carbocycles. The molecule has 0 amide bonds. The van der Waals surface area contributed by atoms with Crippen molar-refractivity contribution in [2.75, 3.05) is 7.11 Å². The maximum atomic E-state index is 13.0. The van der Waals surface area contributed by atoms with Crippen LogP contribution >= 0.6 is 12.4 Å². The van der Waals surface area contributed by atoms with E-state index in [1.807, 2.05) is 0 Å². The van der Waals surface area contributed by atoms with E-state index in [0.717, 1.165) is 12.1 Å². The van der Waals surface area contributed by atoms with Gasteiger partial charge in [0.25, 0.3) is 0 Å². The van der Waals surface area contributed by atoms with Crippen LogP contribution in [0.1, 0.15) is 5.56 Å². The molecule has 6 heteroatoms. The normalized spacial score (nSPS) is 9.07. The molecule has 14 heavy (non-hydrogen) atoms. The minimum Gasteiger partial charge on any atom is -0.494 e. The van der Waals surface area contributed by atoms with E-state index in [1.165, 1.54) is 7.11 Å². The third kappa shape index (κ3) is 2.32. The lowest BCUT2D eigenvalue weighted by Gasteiger charge is -2.05. The number of halogens is 3. The first-order chi connectivity index (χ1) is 6.06. The molecule has 0 spiro atoms. The van der Waals surface area contributed by atoms with Gasteiger partial charge in [-0.2, -0.15) is 0 Å². The van der Waals surface area contributed by atoms with Gasteiger partial charge in [-0.1, -0.05) is 0 Å². The minimum absolute atomic E-state index is 0. The zero-order chi connectivity index (χ0) is 10.0. The Bertz CT molecular complexity index is 357. The molecule has 0 aromatic heterocycles. The van der Waals surface area contributed by atoms with E-state index in [0.29, 0.717) is 0 Å². The zero-order valence-corrected chi connectivity index (χ0v) is 8.12. The number of methoxy groups -OCH3 is 1. The predicted octanol–water partition coefficient (Wildman–Crippen LogP) is 1.68. The highest BCUT2D eigenvalue weighted by Crippen LogP contribution is 2.20. The summed E-state index contributed by atoms with van der Waals surface area (Å²) in [7, 11) is 1.23. The second kappa shape index (κ2) is 4.76. The van der Waals surface area contributed by atoms with Gasteiger partial charge in [-0.05, 0) is 6.07 Å². The summed E-state index contributed by atoms with van der Waals surface area (Å²) in [6.45, 7) is 0. The molecule has 0 bridgehead atoms. The van der Waals surface area contributed by atoms with Gasteiger partial charge in [0.05, 0.1) is 12.7 Å². The smallest absolute Gasteiger partial charge is 0.165 e. The van der Waals surface area contributed by atoms with Crippen molar-refractivity contribution >= 4 is 18.2 Å². The number of hydrogen-bond donors (Lipinski definition) is 2. The molecule has 3 N–H and O–H groups in total. The highest BCUT2D eigenvalue weighted by Gasteiger charge is 2.11. The van der Waals surface area contributed by atoms with Crippen molar-refractivity contribution in [3.05, 3.63) is 29.3 Å². The Balaban J connectivity index is 0.00000169. The zero-order valence-electron chi connectivity index (χ0n) is 7.30. The van der Waals surface area contributed by atoms with Gasteiger partial charge in [0, 0.05) is 6.07 Å². The van der Waals surface area contributed by atoms with Crippen molar-refractivity contribution in [1.82, 2.24) is 0 Å². The number of amidine groups is 1. The number of hydrogen-bond acceptors (Lipinski definition) is 2. The molecule has 0 aliphatic heterocycles. The van der Waals surface area contributed by atoms with Gasteiger partial charge in [0.1, 0.15) is 11.7 Å². The molecule has 0 atom stereocenters. The highest BCUT2D eigenvalue weighted by molar-refractivity contribution is 5.95. The van der Waals surface area contributed by atoms with Crippen LogP contribution in [0.15, 0.2) is 12.1 Å². The van der Waals surface area contributed by atoms with Crippen molar-refractivity contribution in [2.24, 2.45) is 5.73 Å². The molecule has 78 valence electrons. The summed E-state index contributed by atoms with van der Waals surface area (Å²) in [5, 5.41) is 6.93. The maximum Gasteiger partial charge on any atom is 0.165 e. The van der Waals surface area contributed by atoms with Crippen LogP contribution in [0.25, 0.3) is 0 Å². The molecule has 0 unspecified atom stereocenters. The van der Waals surface area contributed by atoms with Gasteiger partial charge in [0.2, 0.25) is 0 Å². The summed E-state index contributed by atoms with van der Waals surface area (Å²) in [5.74, 6) is -2.23. The number of nitrogens with one attached hydrogen (secondary N) is 1. The number of nitrogen functional groups attached to an aromatic ring is 1. The average molecular weight is 223 g/mol. The molecular weight excluding hydrogens is 214 g/mol. The molecule has 3 nitrogen and oxygen atoms in total. The monoisotopic (exact) mass is 222 g/mol. The topological polar surface area (TPSA) is 59.1 Å². The lowest BCUT2D eigenvalue weighted by Crippen LogP contribution is -2.13. The van der Waals surface area contributed by atoms with Gasteiger partial charge in [-0.25, -0.2) is 8.78 Å². The Morgan fingerprint density at radius 1 is 1.36 bits per heavy atom. The Kier molecular flexibility index (Phi) is 4.30. The third-order valence-corrected chi connectivity index (χ3v) is 1.53. The molecule has 1 aromatic rings. The van der Waals surface area contributed by atoms with Crippen molar-refractivity contribution < 1.29 is 13.5 Å². The fourth-order valence-electron chi connectivity index (χ4n) is 0.891. The van der Waals surface area contributed by atoms with Gasteiger partial charge in [-0.15, -0.1) is 12.4 Å². The highest BCUT2D eigenvalue weighted by atomic mass is 35.5. The Morgan fingerprint density at radius 3 is 2.36 bits per heavy atom. The lowest BCUT2D eigenvalue weighted by atomic mass is 10.2. The van der Waals surface area contributed by atoms with E-state index in [-0.39, 0.29) is 23.7 Å². The standard InChI is InChI=1S/C8H8F2N2O.ClH/c1-13-7-3-5(9)4(8(11)12)2-6(7)10;/h2-3H,1H3,(H3,11,12);1H. The summed E-state index contributed by atoms with van der Waals surface area (Å²) >= 11 is 0. The maximum absolute atomic E-state index is 13.0. The Morgan fingerprint density at radius 2 is 1.93 bits per heavy atom. The summed E-state index contributed by atoms with van der Waals surface area (Å²) in [6.07, 6.45) is 0. The first-order valence-electron chi connectivity index (χ1n) is 3.43. The Labute approximate surface area is 85.8 Å². The second-order valence-corrected chi connectivity index (χ2v) is 2.38. The second-order valence-electron chi connectivity index (χ2n) is 2.38. The van der Waals surface area contributed by atoms with Crippen LogP contribution < -0.4 is 10.5 Å².